The van der Waals surface area contributed by atoms with E-state index in [-0.39, 0.29) is 35.7 Å². The van der Waals surface area contributed by atoms with Gasteiger partial charge in [-0.3, -0.25) is 14.6 Å². The number of amides is 4. The summed E-state index contributed by atoms with van der Waals surface area (Å²) in [6.07, 6.45) is 6.52. The second-order valence-electron chi connectivity index (χ2n) is 14.9. The molecule has 2 fully saturated rings. The zero-order valence-electron chi connectivity index (χ0n) is 31.9. The van der Waals surface area contributed by atoms with Crippen LogP contribution in [0.5, 0.6) is 0 Å². The topological polar surface area (TPSA) is 158 Å². The SMILES string of the molecule is COC(=O)N[C@H](C(=O)N1CCC[C@H]1C1=NC=C(c2ccc(-c3ccc(-c4cnc([C@@H]5CCCN5C(=O)[C@@H](NC(=O)OC)C(C)C)[nH]4)cc3)cc2)C1)C(C)C. The van der Waals surface area contributed by atoms with Crippen molar-refractivity contribution in [1.29, 1.82) is 0 Å². The third kappa shape index (κ3) is 8.19. The molecule has 54 heavy (non-hydrogen) atoms. The van der Waals surface area contributed by atoms with Crippen LogP contribution in [0.3, 0.4) is 0 Å². The molecule has 0 bridgehead atoms. The number of carbonyl (C=O) groups is 4. The number of H-pyrrole nitrogens is 1. The van der Waals surface area contributed by atoms with Crippen molar-refractivity contribution >= 4 is 35.3 Å². The van der Waals surface area contributed by atoms with Gasteiger partial charge in [0.15, 0.2) is 0 Å². The van der Waals surface area contributed by atoms with Crippen molar-refractivity contribution in [3.8, 4) is 22.4 Å². The summed E-state index contributed by atoms with van der Waals surface area (Å²) < 4.78 is 9.52. The Kier molecular flexibility index (Phi) is 11.8. The lowest BCUT2D eigenvalue weighted by Gasteiger charge is -2.31. The first-order chi connectivity index (χ1) is 26.0. The number of allylic oxidation sites excluding steroid dienone is 1. The summed E-state index contributed by atoms with van der Waals surface area (Å²) in [5, 5.41) is 5.41. The molecule has 4 heterocycles. The van der Waals surface area contributed by atoms with Crippen molar-refractivity contribution in [1.82, 2.24) is 30.4 Å². The van der Waals surface area contributed by atoms with Crippen LogP contribution in [-0.4, -0.2) is 94.9 Å². The molecule has 13 nitrogen and oxygen atoms in total. The van der Waals surface area contributed by atoms with Gasteiger partial charge in [0.2, 0.25) is 11.8 Å². The molecule has 0 spiro atoms. The van der Waals surface area contributed by atoms with Crippen LogP contribution in [0.25, 0.3) is 28.0 Å². The van der Waals surface area contributed by atoms with Crippen LogP contribution in [0.2, 0.25) is 0 Å². The summed E-state index contributed by atoms with van der Waals surface area (Å²) in [6, 6.07) is 15.1. The maximum atomic E-state index is 13.5. The number of rotatable bonds is 11. The summed E-state index contributed by atoms with van der Waals surface area (Å²) in [5.74, 6) is 0.306. The number of nitrogens with one attached hydrogen (secondary N) is 3. The second-order valence-corrected chi connectivity index (χ2v) is 14.9. The Morgan fingerprint density at radius 2 is 1.20 bits per heavy atom. The van der Waals surface area contributed by atoms with Gasteiger partial charge in [0.25, 0.3) is 0 Å². The Hall–Kier alpha value is -5.46. The highest BCUT2D eigenvalue weighted by molar-refractivity contribution is 6.04. The van der Waals surface area contributed by atoms with E-state index in [2.05, 4.69) is 69.1 Å². The first-order valence-corrected chi connectivity index (χ1v) is 18.8. The number of benzene rings is 2. The molecule has 3 aromatic rings. The van der Waals surface area contributed by atoms with E-state index in [0.717, 1.165) is 70.7 Å². The monoisotopic (exact) mass is 737 g/mol. The minimum absolute atomic E-state index is 0.0837. The molecule has 3 aliphatic rings. The van der Waals surface area contributed by atoms with Gasteiger partial charge in [-0.1, -0.05) is 76.2 Å². The van der Waals surface area contributed by atoms with Crippen LogP contribution in [0.1, 0.15) is 77.2 Å². The molecule has 6 rings (SSSR count). The fourth-order valence-electron chi connectivity index (χ4n) is 7.65. The maximum Gasteiger partial charge on any atom is 0.407 e. The van der Waals surface area contributed by atoms with E-state index in [0.29, 0.717) is 19.5 Å². The van der Waals surface area contributed by atoms with Gasteiger partial charge in [0, 0.05) is 31.4 Å². The highest BCUT2D eigenvalue weighted by Crippen LogP contribution is 2.34. The lowest BCUT2D eigenvalue weighted by molar-refractivity contribution is -0.135. The molecule has 0 aliphatic carbocycles. The molecule has 13 heteroatoms. The average molecular weight is 738 g/mol. The number of carbonyl (C=O) groups excluding carboxylic acids is 4. The smallest absolute Gasteiger partial charge is 0.407 e. The number of likely N-dealkylation sites (tertiary alicyclic amines) is 2. The number of aromatic amines is 1. The maximum absolute atomic E-state index is 13.5. The molecule has 1 aromatic heterocycles. The molecule has 4 atom stereocenters. The van der Waals surface area contributed by atoms with E-state index in [4.69, 9.17) is 14.5 Å². The first-order valence-electron chi connectivity index (χ1n) is 18.8. The number of ether oxygens (including phenoxy) is 2. The summed E-state index contributed by atoms with van der Waals surface area (Å²) in [5.41, 5.74) is 7.18. The van der Waals surface area contributed by atoms with Crippen LogP contribution < -0.4 is 10.6 Å². The number of methoxy groups -OCH3 is 2. The van der Waals surface area contributed by atoms with Gasteiger partial charge in [0.1, 0.15) is 17.9 Å². The highest BCUT2D eigenvalue weighted by Gasteiger charge is 2.39. The molecule has 2 aromatic carbocycles. The first kappa shape index (κ1) is 38.3. The van der Waals surface area contributed by atoms with Gasteiger partial charge in [-0.2, -0.15) is 0 Å². The number of hydrogen-bond acceptors (Lipinski definition) is 8. The number of aliphatic imine (C=N–C) groups is 1. The van der Waals surface area contributed by atoms with E-state index < -0.39 is 24.3 Å². The zero-order valence-corrected chi connectivity index (χ0v) is 31.9. The fourth-order valence-corrected chi connectivity index (χ4v) is 7.65. The lowest BCUT2D eigenvalue weighted by atomic mass is 9.95. The van der Waals surface area contributed by atoms with Gasteiger partial charge in [-0.15, -0.1) is 0 Å². The minimum atomic E-state index is -0.684. The van der Waals surface area contributed by atoms with E-state index in [1.54, 1.807) is 6.20 Å². The number of hydrogen-bond donors (Lipinski definition) is 3. The van der Waals surface area contributed by atoms with Crippen molar-refractivity contribution in [3.63, 3.8) is 0 Å². The number of alkyl carbamates (subject to hydrolysis) is 2. The zero-order chi connectivity index (χ0) is 38.5. The molecule has 0 saturated carbocycles. The van der Waals surface area contributed by atoms with E-state index in [9.17, 15) is 19.2 Å². The van der Waals surface area contributed by atoms with E-state index >= 15 is 0 Å². The number of aromatic nitrogens is 2. The molecule has 0 radical (unpaired) electrons. The summed E-state index contributed by atoms with van der Waals surface area (Å²) in [6.45, 7) is 8.87. The molecule has 4 amide bonds. The molecule has 0 unspecified atom stereocenters. The minimum Gasteiger partial charge on any atom is -0.453 e. The van der Waals surface area contributed by atoms with Crippen LogP contribution in [-0.2, 0) is 19.1 Å². The predicted octanol–water partition coefficient (Wildman–Crippen LogP) is 6.35. The Labute approximate surface area is 316 Å². The van der Waals surface area contributed by atoms with Gasteiger partial charge >= 0.3 is 12.2 Å². The summed E-state index contributed by atoms with van der Waals surface area (Å²) in [7, 11) is 2.59. The largest absolute Gasteiger partial charge is 0.453 e. The van der Waals surface area contributed by atoms with Crippen LogP contribution in [0, 0.1) is 11.8 Å². The molecule has 3 aliphatic heterocycles. The van der Waals surface area contributed by atoms with Gasteiger partial charge in [-0.05, 0) is 65.3 Å². The van der Waals surface area contributed by atoms with Gasteiger partial charge in [0.05, 0.1) is 38.2 Å². The Bertz CT molecular complexity index is 1900. The molecular formula is C41H51N7O6. The van der Waals surface area contributed by atoms with Crippen molar-refractivity contribution in [2.45, 2.75) is 84.0 Å². The van der Waals surface area contributed by atoms with Crippen LogP contribution in [0.4, 0.5) is 9.59 Å². The average Bonchev–Trinajstić information content (AvgIpc) is 4.02. The van der Waals surface area contributed by atoms with Gasteiger partial charge in [-0.25, -0.2) is 14.6 Å². The van der Waals surface area contributed by atoms with E-state index in [1.807, 2.05) is 43.7 Å². The molecular weight excluding hydrogens is 686 g/mol. The van der Waals surface area contributed by atoms with Crippen molar-refractivity contribution < 1.29 is 28.7 Å². The number of nitrogens with zero attached hydrogens (tertiary/aromatic N) is 4. The lowest BCUT2D eigenvalue weighted by Crippen LogP contribution is -2.53. The third-order valence-corrected chi connectivity index (χ3v) is 10.7. The second kappa shape index (κ2) is 16.7. The Balaban J connectivity index is 1.07. The Morgan fingerprint density at radius 3 is 1.72 bits per heavy atom. The van der Waals surface area contributed by atoms with Gasteiger partial charge < -0.3 is 34.9 Å². The van der Waals surface area contributed by atoms with Crippen molar-refractivity contribution in [3.05, 3.63) is 72.3 Å². The van der Waals surface area contributed by atoms with Crippen molar-refractivity contribution in [2.24, 2.45) is 16.8 Å². The molecule has 2 saturated heterocycles. The Morgan fingerprint density at radius 1 is 0.722 bits per heavy atom. The van der Waals surface area contributed by atoms with Crippen LogP contribution >= 0.6 is 0 Å². The van der Waals surface area contributed by atoms with Crippen molar-refractivity contribution in [2.75, 3.05) is 27.3 Å². The standard InChI is InChI=1S/C41H51N7O6/c1-24(2)35(45-40(51)53-5)38(49)47-19-7-9-33(47)31-21-30(22-42-31)28-13-11-26(12-14-28)27-15-17-29(18-16-27)32-23-43-37(44-32)34-10-8-20-48(34)39(50)36(25(3)4)46-41(52)54-6/h11-18,22-25,33-36H,7-10,19-21H2,1-6H3,(H,43,44)(H,45,51)(H,46,52)/t33-,34-,35-,36-/m0/s1. The fraction of sp³-hybridized carbons (Fsp3) is 0.463. The quantitative estimate of drug-likeness (QED) is 0.207. The third-order valence-electron chi connectivity index (χ3n) is 10.7. The highest BCUT2D eigenvalue weighted by atomic mass is 16.5. The normalized spacial score (nSPS) is 19.4. The summed E-state index contributed by atoms with van der Waals surface area (Å²) >= 11 is 0. The molecule has 3 N–H and O–H groups in total. The summed E-state index contributed by atoms with van der Waals surface area (Å²) in [4.78, 5) is 67.5. The predicted molar refractivity (Wildman–Crippen MR) is 206 cm³/mol. The van der Waals surface area contributed by atoms with Crippen LogP contribution in [0.15, 0.2) is 65.9 Å². The molecule has 286 valence electrons. The van der Waals surface area contributed by atoms with E-state index in [1.165, 1.54) is 14.2 Å². The number of imidazole rings is 1.